The third-order valence-corrected chi connectivity index (χ3v) is 17.7. The number of carbonyl (C=O) groups is 13. The second-order valence-electron chi connectivity index (χ2n) is 26.0. The molecule has 2 aliphatic heterocycles. The zero-order chi connectivity index (χ0) is 74.9. The molecular formula is C71H92ClN17O14. The average molecular weight is 1440 g/mol. The monoisotopic (exact) mass is 1440 g/mol. The van der Waals surface area contributed by atoms with Gasteiger partial charge in [-0.3, -0.25) is 68.0 Å². The summed E-state index contributed by atoms with van der Waals surface area (Å²) in [5, 5.41) is 39.8. The quantitative estimate of drug-likeness (QED) is 0.00903. The number of nitrogens with one attached hydrogen (secondary N) is 11. The minimum absolute atomic E-state index is 0.0000191. The topological polar surface area (TPSA) is 494 Å². The number of hydrazine groups is 1. The number of nitrogens with two attached hydrogens (primary N) is 4. The van der Waals surface area contributed by atoms with Crippen LogP contribution < -0.4 is 81.6 Å². The normalized spacial score (nSPS) is 20.6. The number of halogens is 1. The Labute approximate surface area is 600 Å². The lowest BCUT2D eigenvalue weighted by molar-refractivity contribution is -0.145. The van der Waals surface area contributed by atoms with E-state index in [0.29, 0.717) is 28.1 Å². The smallest absolute Gasteiger partial charge is 0.327 e. The van der Waals surface area contributed by atoms with Crippen molar-refractivity contribution in [3.8, 4) is 0 Å². The summed E-state index contributed by atoms with van der Waals surface area (Å²) in [6, 6.07) is 16.6. The fourth-order valence-electron chi connectivity index (χ4n) is 12.2. The van der Waals surface area contributed by atoms with Gasteiger partial charge in [-0.15, -0.1) is 0 Å². The van der Waals surface area contributed by atoms with Crippen LogP contribution in [-0.2, 0) is 81.6 Å². The molecule has 103 heavy (non-hydrogen) atoms. The second-order valence-corrected chi connectivity index (χ2v) is 26.4. The first-order valence-corrected chi connectivity index (χ1v) is 34.5. The lowest BCUT2D eigenvalue weighted by atomic mass is 9.98. The highest BCUT2D eigenvalue weighted by molar-refractivity contribution is 6.30. The Kier molecular flexibility index (Phi) is 30.0. The maximum Gasteiger partial charge on any atom is 0.327 e. The van der Waals surface area contributed by atoms with Crippen molar-refractivity contribution in [2.45, 2.75) is 165 Å². The van der Waals surface area contributed by atoms with E-state index >= 15 is 19.2 Å². The van der Waals surface area contributed by atoms with Crippen LogP contribution in [0.25, 0.3) is 21.5 Å². The number of benzene rings is 5. The molecular weight excluding hydrogens is 1350 g/mol. The third kappa shape index (κ3) is 24.5. The first-order valence-electron chi connectivity index (χ1n) is 34.1. The van der Waals surface area contributed by atoms with Gasteiger partial charge in [-0.25, -0.2) is 10.6 Å². The number of hydrogen-bond acceptors (Lipinski definition) is 16. The summed E-state index contributed by atoms with van der Waals surface area (Å²) in [5.41, 5.74) is 20.5. The molecule has 5 aromatic rings. The molecule has 0 aliphatic carbocycles. The number of carboxylic acid groups (broad SMARTS) is 1. The lowest BCUT2D eigenvalue weighted by Crippen LogP contribution is -2.61. The van der Waals surface area contributed by atoms with E-state index in [2.05, 4.69) is 58.2 Å². The molecule has 2 heterocycles. The van der Waals surface area contributed by atoms with Crippen molar-refractivity contribution in [2.24, 2.45) is 34.0 Å². The van der Waals surface area contributed by atoms with Gasteiger partial charge in [0, 0.05) is 57.4 Å². The molecule has 7 rings (SSSR count). The summed E-state index contributed by atoms with van der Waals surface area (Å²) in [7, 11) is 0. The molecule has 0 bridgehead atoms. The Balaban J connectivity index is 1.28. The van der Waals surface area contributed by atoms with Crippen LogP contribution in [0.5, 0.6) is 0 Å². The predicted octanol–water partition coefficient (Wildman–Crippen LogP) is -0.738. The van der Waals surface area contributed by atoms with Crippen molar-refractivity contribution in [3.63, 3.8) is 0 Å². The fraction of sp³-hybridized carbons (Fsp3) is 0.437. The van der Waals surface area contributed by atoms with E-state index < -0.39 is 157 Å². The molecule has 32 heteroatoms. The van der Waals surface area contributed by atoms with Crippen LogP contribution in [0.2, 0.25) is 5.02 Å². The van der Waals surface area contributed by atoms with Crippen LogP contribution in [0.3, 0.4) is 0 Å². The second kappa shape index (κ2) is 38.9. The van der Waals surface area contributed by atoms with Gasteiger partial charge in [0.15, 0.2) is 5.96 Å². The molecule has 2 aliphatic rings. The van der Waals surface area contributed by atoms with E-state index in [1.165, 1.54) is 24.0 Å². The summed E-state index contributed by atoms with van der Waals surface area (Å²) < 4.78 is 0. The van der Waals surface area contributed by atoms with Gasteiger partial charge in [-0.05, 0) is 108 Å². The molecule has 0 saturated carbocycles. The first-order chi connectivity index (χ1) is 49.2. The van der Waals surface area contributed by atoms with Crippen molar-refractivity contribution in [2.75, 3.05) is 26.2 Å². The number of amides is 12. The summed E-state index contributed by atoms with van der Waals surface area (Å²) in [6.07, 6.45) is -2.06. The van der Waals surface area contributed by atoms with E-state index in [1.807, 2.05) is 72.2 Å². The lowest BCUT2D eigenvalue weighted by Gasteiger charge is -2.31. The van der Waals surface area contributed by atoms with Crippen LogP contribution >= 0.6 is 11.6 Å². The van der Waals surface area contributed by atoms with Crippen LogP contribution in [-0.4, -0.2) is 179 Å². The van der Waals surface area contributed by atoms with Crippen molar-refractivity contribution >= 4 is 116 Å². The number of aliphatic imine (C=N–C) groups is 1. The van der Waals surface area contributed by atoms with E-state index in [0.717, 1.165) is 21.5 Å². The van der Waals surface area contributed by atoms with E-state index in [4.69, 9.17) is 34.6 Å². The summed E-state index contributed by atoms with van der Waals surface area (Å²) in [5.74, 6) is -7.39. The van der Waals surface area contributed by atoms with E-state index in [1.54, 1.807) is 44.2 Å². The van der Waals surface area contributed by atoms with Gasteiger partial charge in [-0.1, -0.05) is 123 Å². The minimum Gasteiger partial charge on any atom is -0.480 e. The number of guanidine groups is 1. The molecule has 20 N–H and O–H groups in total. The molecule has 10 atom stereocenters. The summed E-state index contributed by atoms with van der Waals surface area (Å²) in [4.78, 5) is 191. The summed E-state index contributed by atoms with van der Waals surface area (Å²) in [6.45, 7) is 4.12. The van der Waals surface area contributed by atoms with E-state index in [-0.39, 0.29) is 95.7 Å². The van der Waals surface area contributed by atoms with Crippen LogP contribution in [0.4, 0.5) is 0 Å². The Morgan fingerprint density at radius 3 is 1.84 bits per heavy atom. The molecule has 5 aromatic carbocycles. The van der Waals surface area contributed by atoms with Gasteiger partial charge in [-0.2, -0.15) is 0 Å². The van der Waals surface area contributed by atoms with Gasteiger partial charge in [0.2, 0.25) is 70.9 Å². The highest BCUT2D eigenvalue weighted by Gasteiger charge is 2.41. The van der Waals surface area contributed by atoms with Crippen molar-refractivity contribution in [3.05, 3.63) is 131 Å². The zero-order valence-electron chi connectivity index (χ0n) is 57.6. The number of nitrogens with zero attached hydrogens (tertiary/aromatic N) is 2. The van der Waals surface area contributed by atoms with Crippen molar-refractivity contribution < 1.29 is 67.4 Å². The van der Waals surface area contributed by atoms with Crippen LogP contribution in [0.1, 0.15) is 102 Å². The Hall–Kier alpha value is -10.8. The van der Waals surface area contributed by atoms with Gasteiger partial charge in [0.25, 0.3) is 0 Å². The maximum atomic E-state index is 15.1. The molecule has 0 aromatic heterocycles. The molecule has 2 saturated heterocycles. The Morgan fingerprint density at radius 1 is 0.641 bits per heavy atom. The van der Waals surface area contributed by atoms with Gasteiger partial charge in [0.05, 0.1) is 12.8 Å². The largest absolute Gasteiger partial charge is 0.480 e. The average Bonchev–Trinajstić information content (AvgIpc) is 1.58. The van der Waals surface area contributed by atoms with Crippen LogP contribution in [0, 0.1) is 5.92 Å². The third-order valence-electron chi connectivity index (χ3n) is 17.5. The van der Waals surface area contributed by atoms with E-state index in [9.17, 15) is 48.3 Å². The number of carboxylic acids is 1. The molecule has 31 nitrogen and oxygen atoms in total. The first kappa shape index (κ1) is 79.5. The minimum atomic E-state index is -1.94. The fourth-order valence-corrected chi connectivity index (χ4v) is 12.3. The van der Waals surface area contributed by atoms with Gasteiger partial charge < -0.3 is 80.4 Å². The molecule has 12 amide bonds. The summed E-state index contributed by atoms with van der Waals surface area (Å²) >= 11 is 6.25. The Morgan fingerprint density at radius 2 is 1.21 bits per heavy atom. The highest BCUT2D eigenvalue weighted by Crippen LogP contribution is 2.23. The number of hydrogen-bond donors (Lipinski definition) is 16. The molecule has 0 unspecified atom stereocenters. The van der Waals surface area contributed by atoms with Crippen molar-refractivity contribution in [1.29, 1.82) is 0 Å². The molecule has 0 spiro atoms. The molecule has 2 fully saturated rings. The highest BCUT2D eigenvalue weighted by atomic mass is 35.5. The molecule has 0 radical (unpaired) electrons. The number of aliphatic carboxylic acids is 1. The SMILES string of the molecule is CC(=O)N[C@H](Cc1ccc2ccccc2c1)C(=O)N[C@H](Cc1ccc(Cl)cc1)C(=O)N[C@@H]1CC(=O)NCCCC[C@@H](C(=O)N2CCC[C@H]2C(=O)N[C@@H](CN)C(=O)O)NC(=O)[C@H](CC(C)C)NC(=O)[C@@H](Cc2ccc3ccccc3c2)NC(=O)[C@H](CCCN=C(N)N)NC(=O)[C@H](CC(=O)NN)NC1=O. The van der Waals surface area contributed by atoms with Crippen molar-refractivity contribution in [1.82, 2.24) is 63.5 Å². The van der Waals surface area contributed by atoms with Crippen LogP contribution in [0.15, 0.2) is 114 Å². The standard InChI is InChI=1S/C71H92ClN17O14/c1-39(2)30-51-62(94)81-50(69(101)89-29-11-18-58(89)68(100)87-57(38-73)70(102)103)16-8-9-27-77-59(91)36-55(85-64(96)53(33-41-21-25-48(72)26-22-41)84-63(95)52(79-40(3)90)34-42-19-23-44-12-4-6-14-46(44)31-42)67(99)86-56(37-60(92)88-76)66(98)80-49(17-10-28-78-71(74)75)61(93)83-54(65(97)82-51)35-43-20-24-45-13-5-7-15-47(45)32-43/h4-7,12-15,19-26,31-32,39,49-58H,8-11,16-18,27-30,33-38,73,76H2,1-3H3,(H,77,91)(H,79,90)(H,80,98)(H,81,94)(H,82,97)(H,83,93)(H,84,95)(H,85,96)(H,86,99)(H,87,100)(H,88,92)(H,102,103)(H4,74,75,78)/t49-,50-,51-,52+,53+,54+,55+,56-,57-,58-/m0/s1. The number of fused-ring (bicyclic) bond motifs is 2. The van der Waals surface area contributed by atoms with Gasteiger partial charge in [0.1, 0.15) is 60.4 Å². The Bertz CT molecular complexity index is 3930. The number of carbonyl (C=O) groups excluding carboxylic acids is 12. The van der Waals surface area contributed by atoms with Gasteiger partial charge >= 0.3 is 5.97 Å². The zero-order valence-corrected chi connectivity index (χ0v) is 58.4. The maximum absolute atomic E-state index is 15.1. The molecule has 552 valence electrons. The number of rotatable bonds is 24. The predicted molar refractivity (Wildman–Crippen MR) is 383 cm³/mol. The number of likely N-dealkylation sites (tertiary alicyclic amines) is 1.